The largest absolute Gasteiger partial charge is 0.493 e. The summed E-state index contributed by atoms with van der Waals surface area (Å²) in [7, 11) is 0. The minimum atomic E-state index is -0.219. The number of carbonyl (C=O) groups is 2. The molecule has 0 saturated carbocycles. The van der Waals surface area contributed by atoms with Crippen molar-refractivity contribution in [1.82, 2.24) is 20.2 Å². The number of fused-ring (bicyclic) bond motifs is 1. The zero-order valence-corrected chi connectivity index (χ0v) is 19.3. The van der Waals surface area contributed by atoms with Crippen LogP contribution in [0.2, 0.25) is 0 Å². The maximum Gasteiger partial charge on any atom is 0.226 e. The molecule has 174 valence electrons. The summed E-state index contributed by atoms with van der Waals surface area (Å²) in [6.07, 6.45) is 1.90. The minimum Gasteiger partial charge on any atom is -0.493 e. The highest BCUT2D eigenvalue weighted by molar-refractivity contribution is 5.82. The van der Waals surface area contributed by atoms with Crippen LogP contribution in [0.4, 0.5) is 0 Å². The van der Waals surface area contributed by atoms with Gasteiger partial charge in [-0.05, 0) is 43.0 Å². The molecular formula is C26H32N4O3. The molecule has 7 heteroatoms. The van der Waals surface area contributed by atoms with Crippen LogP contribution in [0, 0.1) is 11.8 Å². The first-order chi connectivity index (χ1) is 16.0. The van der Waals surface area contributed by atoms with E-state index in [0.717, 1.165) is 35.4 Å². The van der Waals surface area contributed by atoms with Crippen molar-refractivity contribution < 1.29 is 14.3 Å². The molecule has 2 N–H and O–H groups in total. The molecule has 1 aromatic heterocycles. The zero-order chi connectivity index (χ0) is 23.2. The van der Waals surface area contributed by atoms with Gasteiger partial charge in [0.2, 0.25) is 11.8 Å². The third-order valence-electron chi connectivity index (χ3n) is 6.14. The average Bonchev–Trinajstić information content (AvgIpc) is 3.26. The quantitative estimate of drug-likeness (QED) is 0.544. The van der Waals surface area contributed by atoms with Gasteiger partial charge in [0.25, 0.3) is 0 Å². The van der Waals surface area contributed by atoms with E-state index >= 15 is 0 Å². The van der Waals surface area contributed by atoms with Crippen molar-refractivity contribution >= 4 is 22.8 Å². The summed E-state index contributed by atoms with van der Waals surface area (Å²) < 4.78 is 5.66. The number of amides is 2. The fraction of sp³-hybridized carbons (Fsp3) is 0.423. The Morgan fingerprint density at radius 2 is 1.91 bits per heavy atom. The lowest BCUT2D eigenvalue weighted by molar-refractivity contribution is -0.136. The number of H-pyrrole nitrogens is 1. The van der Waals surface area contributed by atoms with Crippen molar-refractivity contribution in [2.75, 3.05) is 19.7 Å². The number of aromatic nitrogens is 2. The van der Waals surface area contributed by atoms with Gasteiger partial charge in [0.1, 0.15) is 11.6 Å². The molecule has 1 fully saturated rings. The van der Waals surface area contributed by atoms with Crippen LogP contribution in [0.5, 0.6) is 5.75 Å². The number of carbonyl (C=O) groups excluding carboxylic acids is 2. The lowest BCUT2D eigenvalue weighted by Crippen LogP contribution is -2.47. The first-order valence-electron chi connectivity index (χ1n) is 11.7. The second-order valence-electron chi connectivity index (χ2n) is 8.96. The lowest BCUT2D eigenvalue weighted by atomic mass is 9.95. The van der Waals surface area contributed by atoms with E-state index in [-0.39, 0.29) is 29.7 Å². The van der Waals surface area contributed by atoms with Gasteiger partial charge in [-0.2, -0.15) is 0 Å². The Morgan fingerprint density at radius 3 is 2.67 bits per heavy atom. The Morgan fingerprint density at radius 1 is 1.15 bits per heavy atom. The molecule has 2 aromatic carbocycles. The van der Waals surface area contributed by atoms with Crippen LogP contribution in [-0.2, 0) is 9.59 Å². The van der Waals surface area contributed by atoms with Crippen LogP contribution in [0.25, 0.3) is 11.0 Å². The number of piperidine rings is 1. The number of nitrogens with zero attached hydrogens (tertiary/aromatic N) is 2. The molecule has 1 aliphatic rings. The van der Waals surface area contributed by atoms with E-state index in [1.54, 1.807) is 4.90 Å². The molecule has 0 aliphatic carbocycles. The summed E-state index contributed by atoms with van der Waals surface area (Å²) in [5.74, 6) is 1.48. The molecule has 2 unspecified atom stereocenters. The summed E-state index contributed by atoms with van der Waals surface area (Å²) in [5.41, 5.74) is 1.85. The Kier molecular flexibility index (Phi) is 7.27. The Labute approximate surface area is 194 Å². The number of hydrogen-bond donors (Lipinski definition) is 2. The molecule has 33 heavy (non-hydrogen) atoms. The number of ether oxygens (including phenoxy) is 1. The van der Waals surface area contributed by atoms with Crippen molar-refractivity contribution in [3.63, 3.8) is 0 Å². The van der Waals surface area contributed by atoms with E-state index < -0.39 is 0 Å². The van der Waals surface area contributed by atoms with E-state index in [1.165, 1.54) is 0 Å². The minimum absolute atomic E-state index is 0.0211. The molecule has 2 atom stereocenters. The Bertz CT molecular complexity index is 1050. The number of rotatable bonds is 8. The molecule has 2 amide bonds. The van der Waals surface area contributed by atoms with Gasteiger partial charge in [-0.1, -0.05) is 44.2 Å². The molecular weight excluding hydrogens is 416 g/mol. The number of para-hydroxylation sites is 3. The lowest BCUT2D eigenvalue weighted by Gasteiger charge is -2.33. The van der Waals surface area contributed by atoms with Gasteiger partial charge < -0.3 is 19.9 Å². The fourth-order valence-corrected chi connectivity index (χ4v) is 4.29. The zero-order valence-electron chi connectivity index (χ0n) is 19.3. The van der Waals surface area contributed by atoms with Crippen molar-refractivity contribution in [2.24, 2.45) is 11.8 Å². The van der Waals surface area contributed by atoms with Crippen LogP contribution in [-0.4, -0.2) is 46.4 Å². The van der Waals surface area contributed by atoms with Gasteiger partial charge in [-0.25, -0.2) is 4.98 Å². The SMILES string of the molecule is CC(C)C(NC(=O)C1CCCN(C(=O)CCOc2ccccc2)C1)c1nc2ccccc2[nH]1. The predicted octanol–water partition coefficient (Wildman–Crippen LogP) is 4.08. The molecule has 1 aliphatic heterocycles. The number of aromatic amines is 1. The van der Waals surface area contributed by atoms with E-state index in [4.69, 9.17) is 4.74 Å². The number of likely N-dealkylation sites (tertiary alicyclic amines) is 1. The molecule has 1 saturated heterocycles. The maximum absolute atomic E-state index is 13.2. The third-order valence-corrected chi connectivity index (χ3v) is 6.14. The highest BCUT2D eigenvalue weighted by Crippen LogP contribution is 2.24. The third kappa shape index (κ3) is 5.72. The summed E-state index contributed by atoms with van der Waals surface area (Å²) >= 11 is 0. The van der Waals surface area contributed by atoms with Crippen LogP contribution < -0.4 is 10.1 Å². The molecule has 4 rings (SSSR count). The van der Waals surface area contributed by atoms with E-state index in [9.17, 15) is 9.59 Å². The average molecular weight is 449 g/mol. The number of hydrogen-bond acceptors (Lipinski definition) is 4. The van der Waals surface area contributed by atoms with Crippen LogP contribution in [0.15, 0.2) is 54.6 Å². The molecule has 7 nitrogen and oxygen atoms in total. The van der Waals surface area contributed by atoms with Crippen molar-refractivity contribution in [2.45, 2.75) is 39.2 Å². The van der Waals surface area contributed by atoms with Gasteiger partial charge in [-0.15, -0.1) is 0 Å². The number of imidazole rings is 1. The standard InChI is InChI=1S/C26H32N4O3/c1-18(2)24(25-27-21-12-6-7-13-22(21)28-25)29-26(32)19-9-8-15-30(17-19)23(31)14-16-33-20-10-4-3-5-11-20/h3-7,10-13,18-19,24H,8-9,14-17H2,1-2H3,(H,27,28)(H,29,32). The van der Waals surface area contributed by atoms with Gasteiger partial charge in [0.05, 0.1) is 36.0 Å². The Hall–Kier alpha value is -3.35. The Balaban J connectivity index is 1.33. The van der Waals surface area contributed by atoms with Crippen LogP contribution in [0.3, 0.4) is 0 Å². The molecule has 0 radical (unpaired) electrons. The summed E-state index contributed by atoms with van der Waals surface area (Å²) in [6.45, 7) is 5.60. The van der Waals surface area contributed by atoms with E-state index in [0.29, 0.717) is 26.1 Å². The van der Waals surface area contributed by atoms with Crippen molar-refractivity contribution in [1.29, 1.82) is 0 Å². The normalized spacial score (nSPS) is 17.2. The topological polar surface area (TPSA) is 87.3 Å². The van der Waals surface area contributed by atoms with E-state index in [1.807, 2.05) is 54.6 Å². The molecule has 2 heterocycles. The van der Waals surface area contributed by atoms with Gasteiger partial charge in [0, 0.05) is 13.1 Å². The predicted molar refractivity (Wildman–Crippen MR) is 128 cm³/mol. The van der Waals surface area contributed by atoms with Crippen LogP contribution >= 0.6 is 0 Å². The van der Waals surface area contributed by atoms with Gasteiger partial charge in [-0.3, -0.25) is 9.59 Å². The summed E-state index contributed by atoms with van der Waals surface area (Å²) in [4.78, 5) is 35.7. The first kappa shape index (κ1) is 22.8. The molecule has 3 aromatic rings. The monoisotopic (exact) mass is 448 g/mol. The van der Waals surface area contributed by atoms with Gasteiger partial charge >= 0.3 is 0 Å². The number of nitrogens with one attached hydrogen (secondary N) is 2. The smallest absolute Gasteiger partial charge is 0.226 e. The second kappa shape index (κ2) is 10.5. The fourth-order valence-electron chi connectivity index (χ4n) is 4.29. The number of benzene rings is 2. The highest BCUT2D eigenvalue weighted by atomic mass is 16.5. The second-order valence-corrected chi connectivity index (χ2v) is 8.96. The van der Waals surface area contributed by atoms with Gasteiger partial charge in [0.15, 0.2) is 0 Å². The maximum atomic E-state index is 13.2. The summed E-state index contributed by atoms with van der Waals surface area (Å²) in [5, 5.41) is 3.19. The van der Waals surface area contributed by atoms with Crippen LogP contribution in [0.1, 0.15) is 45.0 Å². The summed E-state index contributed by atoms with van der Waals surface area (Å²) in [6, 6.07) is 17.1. The van der Waals surface area contributed by atoms with Crippen molar-refractivity contribution in [3.8, 4) is 5.75 Å². The van der Waals surface area contributed by atoms with Crippen molar-refractivity contribution in [3.05, 3.63) is 60.4 Å². The van der Waals surface area contributed by atoms with E-state index in [2.05, 4.69) is 29.1 Å². The molecule has 0 bridgehead atoms. The molecule has 0 spiro atoms. The highest BCUT2D eigenvalue weighted by Gasteiger charge is 2.31. The first-order valence-corrected chi connectivity index (χ1v) is 11.7.